The van der Waals surface area contributed by atoms with E-state index in [0.717, 1.165) is 17.6 Å². The first-order valence-electron chi connectivity index (χ1n) is 7.52. The summed E-state index contributed by atoms with van der Waals surface area (Å²) in [5.41, 5.74) is 0.774. The van der Waals surface area contributed by atoms with Crippen LogP contribution in [0.2, 0.25) is 0 Å². The first-order valence-corrected chi connectivity index (χ1v) is 8.64. The lowest BCUT2D eigenvalue weighted by Gasteiger charge is -2.24. The zero-order valence-corrected chi connectivity index (χ0v) is 15.2. The monoisotopic (exact) mass is 369 g/mol. The van der Waals surface area contributed by atoms with E-state index in [0.29, 0.717) is 18.4 Å². The van der Waals surface area contributed by atoms with Crippen LogP contribution < -0.4 is 4.74 Å². The standard InChI is InChI=1S/C17H24BrNO3/c1-17(2,3)22-16(20)19-10-13(9-18)15(11-19)12-5-7-14(21-4)8-6-12/h5-8,13,15H,9-11H2,1-4H3/t13-,15+/m0/s1. The molecule has 1 heterocycles. The van der Waals surface area contributed by atoms with Gasteiger partial charge in [-0.25, -0.2) is 4.79 Å². The van der Waals surface area contributed by atoms with Gasteiger partial charge in [0.05, 0.1) is 7.11 Å². The Morgan fingerprint density at radius 3 is 2.41 bits per heavy atom. The number of ether oxygens (including phenoxy) is 2. The molecule has 0 spiro atoms. The summed E-state index contributed by atoms with van der Waals surface area (Å²) in [5, 5.41) is 0.864. The quantitative estimate of drug-likeness (QED) is 0.754. The van der Waals surface area contributed by atoms with E-state index in [4.69, 9.17) is 9.47 Å². The van der Waals surface area contributed by atoms with E-state index in [1.165, 1.54) is 5.56 Å². The van der Waals surface area contributed by atoms with Crippen molar-refractivity contribution in [1.29, 1.82) is 0 Å². The highest BCUT2D eigenvalue weighted by Crippen LogP contribution is 2.35. The second-order valence-electron chi connectivity index (χ2n) is 6.68. The fourth-order valence-corrected chi connectivity index (χ4v) is 3.39. The summed E-state index contributed by atoms with van der Waals surface area (Å²) in [5.74, 6) is 1.56. The Hall–Kier alpha value is -1.23. The summed E-state index contributed by atoms with van der Waals surface area (Å²) in [4.78, 5) is 14.1. The average Bonchev–Trinajstić information content (AvgIpc) is 2.90. The van der Waals surface area contributed by atoms with Gasteiger partial charge in [0.25, 0.3) is 0 Å². The van der Waals surface area contributed by atoms with Crippen LogP contribution in [0.1, 0.15) is 32.3 Å². The number of hydrogen-bond acceptors (Lipinski definition) is 3. The molecule has 1 aliphatic rings. The molecule has 1 aliphatic heterocycles. The predicted octanol–water partition coefficient (Wildman–Crippen LogP) is 4.04. The fraction of sp³-hybridized carbons (Fsp3) is 0.588. The molecule has 0 unspecified atom stereocenters. The molecule has 0 saturated carbocycles. The van der Waals surface area contributed by atoms with Crippen LogP contribution in [0.3, 0.4) is 0 Å². The lowest BCUT2D eigenvalue weighted by molar-refractivity contribution is 0.0288. The third-order valence-corrected chi connectivity index (χ3v) is 4.67. The highest BCUT2D eigenvalue weighted by Gasteiger charge is 2.37. The molecule has 0 N–H and O–H groups in total. The van der Waals surface area contributed by atoms with Crippen LogP contribution in [0.4, 0.5) is 4.79 Å². The molecular weight excluding hydrogens is 346 g/mol. The Labute approximate surface area is 140 Å². The van der Waals surface area contributed by atoms with E-state index < -0.39 is 5.60 Å². The number of halogens is 1. The molecule has 1 fully saturated rings. The van der Waals surface area contributed by atoms with Crippen LogP contribution >= 0.6 is 15.9 Å². The van der Waals surface area contributed by atoms with E-state index in [1.807, 2.05) is 37.8 Å². The number of likely N-dealkylation sites (tertiary alicyclic amines) is 1. The zero-order valence-electron chi connectivity index (χ0n) is 13.6. The van der Waals surface area contributed by atoms with Crippen molar-refractivity contribution in [3.05, 3.63) is 29.8 Å². The SMILES string of the molecule is COc1ccc([C@H]2CN(C(=O)OC(C)(C)C)C[C@@H]2CBr)cc1. The van der Waals surface area contributed by atoms with Crippen LogP contribution in [0.5, 0.6) is 5.75 Å². The molecule has 0 aromatic heterocycles. The second kappa shape index (κ2) is 6.90. The van der Waals surface area contributed by atoms with Gasteiger partial charge in [0.1, 0.15) is 11.4 Å². The summed E-state index contributed by atoms with van der Waals surface area (Å²) in [6, 6.07) is 8.10. The number of amides is 1. The van der Waals surface area contributed by atoms with Crippen molar-refractivity contribution >= 4 is 22.0 Å². The lowest BCUT2D eigenvalue weighted by Crippen LogP contribution is -2.35. The number of alkyl halides is 1. The molecule has 0 bridgehead atoms. The number of methoxy groups -OCH3 is 1. The fourth-order valence-electron chi connectivity index (χ4n) is 2.73. The van der Waals surface area contributed by atoms with Gasteiger partial charge in [0, 0.05) is 24.3 Å². The number of carbonyl (C=O) groups excluding carboxylic acids is 1. The van der Waals surface area contributed by atoms with Crippen molar-refractivity contribution in [2.45, 2.75) is 32.3 Å². The van der Waals surface area contributed by atoms with E-state index in [9.17, 15) is 4.79 Å². The summed E-state index contributed by atoms with van der Waals surface area (Å²) in [7, 11) is 1.66. The molecule has 2 atom stereocenters. The third-order valence-electron chi connectivity index (χ3n) is 3.83. The van der Waals surface area contributed by atoms with Crippen LogP contribution in [0.25, 0.3) is 0 Å². The maximum atomic E-state index is 12.3. The third kappa shape index (κ3) is 4.15. The van der Waals surface area contributed by atoms with Gasteiger partial charge in [-0.3, -0.25) is 0 Å². The van der Waals surface area contributed by atoms with E-state index >= 15 is 0 Å². The first kappa shape index (κ1) is 17.1. The zero-order chi connectivity index (χ0) is 16.3. The van der Waals surface area contributed by atoms with E-state index in [1.54, 1.807) is 7.11 Å². The van der Waals surface area contributed by atoms with Gasteiger partial charge in [-0.05, 0) is 44.4 Å². The minimum atomic E-state index is -0.459. The maximum Gasteiger partial charge on any atom is 0.410 e. The normalized spacial score (nSPS) is 21.8. The molecule has 22 heavy (non-hydrogen) atoms. The van der Waals surface area contributed by atoms with Gasteiger partial charge in [-0.2, -0.15) is 0 Å². The molecule has 2 rings (SSSR count). The number of rotatable bonds is 3. The molecule has 1 amide bonds. The maximum absolute atomic E-state index is 12.3. The van der Waals surface area contributed by atoms with Crippen LogP contribution in [0, 0.1) is 5.92 Å². The van der Waals surface area contributed by atoms with Crippen molar-refractivity contribution in [2.24, 2.45) is 5.92 Å². The van der Waals surface area contributed by atoms with Gasteiger partial charge >= 0.3 is 6.09 Å². The Morgan fingerprint density at radius 1 is 1.27 bits per heavy atom. The molecule has 0 aliphatic carbocycles. The van der Waals surface area contributed by atoms with Crippen molar-refractivity contribution in [2.75, 3.05) is 25.5 Å². The Morgan fingerprint density at radius 2 is 1.91 bits per heavy atom. The van der Waals surface area contributed by atoms with Crippen molar-refractivity contribution in [3.63, 3.8) is 0 Å². The van der Waals surface area contributed by atoms with Gasteiger partial charge < -0.3 is 14.4 Å². The molecule has 1 aromatic rings. The van der Waals surface area contributed by atoms with Gasteiger partial charge in [-0.15, -0.1) is 0 Å². The van der Waals surface area contributed by atoms with Crippen molar-refractivity contribution < 1.29 is 14.3 Å². The van der Waals surface area contributed by atoms with E-state index in [-0.39, 0.29) is 6.09 Å². The van der Waals surface area contributed by atoms with Crippen LogP contribution in [-0.4, -0.2) is 42.1 Å². The molecule has 1 saturated heterocycles. The van der Waals surface area contributed by atoms with Gasteiger partial charge in [0.2, 0.25) is 0 Å². The summed E-state index contributed by atoms with van der Waals surface area (Å²) < 4.78 is 10.7. The van der Waals surface area contributed by atoms with Crippen molar-refractivity contribution in [1.82, 2.24) is 4.90 Å². The number of hydrogen-bond donors (Lipinski definition) is 0. The average molecular weight is 370 g/mol. The predicted molar refractivity (Wildman–Crippen MR) is 90.8 cm³/mol. The Bertz CT molecular complexity index is 510. The number of carbonyl (C=O) groups is 1. The second-order valence-corrected chi connectivity index (χ2v) is 7.33. The highest BCUT2D eigenvalue weighted by molar-refractivity contribution is 9.09. The molecule has 0 radical (unpaired) electrons. The van der Waals surface area contributed by atoms with Gasteiger partial charge in [-0.1, -0.05) is 28.1 Å². The Kier molecular flexibility index (Phi) is 5.37. The lowest BCUT2D eigenvalue weighted by atomic mass is 9.90. The van der Waals surface area contributed by atoms with Crippen LogP contribution in [-0.2, 0) is 4.74 Å². The molecule has 5 heteroatoms. The summed E-state index contributed by atoms with van der Waals surface area (Å²) in [6.07, 6.45) is -0.227. The Balaban J connectivity index is 2.10. The minimum absolute atomic E-state index is 0.227. The summed E-state index contributed by atoms with van der Waals surface area (Å²) in [6.45, 7) is 7.09. The van der Waals surface area contributed by atoms with Crippen molar-refractivity contribution in [3.8, 4) is 5.75 Å². The molecule has 4 nitrogen and oxygen atoms in total. The van der Waals surface area contributed by atoms with Crippen LogP contribution in [0.15, 0.2) is 24.3 Å². The first-order chi connectivity index (χ1) is 10.3. The highest BCUT2D eigenvalue weighted by atomic mass is 79.9. The largest absolute Gasteiger partial charge is 0.497 e. The topological polar surface area (TPSA) is 38.8 Å². The molecule has 122 valence electrons. The molecular formula is C17H24BrNO3. The van der Waals surface area contributed by atoms with E-state index in [2.05, 4.69) is 28.1 Å². The number of nitrogens with zero attached hydrogens (tertiary/aromatic N) is 1. The summed E-state index contributed by atoms with van der Waals surface area (Å²) >= 11 is 3.58. The number of benzene rings is 1. The minimum Gasteiger partial charge on any atom is -0.497 e. The molecule has 1 aromatic carbocycles. The smallest absolute Gasteiger partial charge is 0.410 e. The van der Waals surface area contributed by atoms with Gasteiger partial charge in [0.15, 0.2) is 0 Å².